The molecule has 2 aliphatic rings. The van der Waals surface area contributed by atoms with Gasteiger partial charge in [-0.25, -0.2) is 0 Å². The molecule has 3 nitrogen and oxygen atoms in total. The van der Waals surface area contributed by atoms with E-state index in [0.29, 0.717) is 12.1 Å². The van der Waals surface area contributed by atoms with Gasteiger partial charge in [-0.2, -0.15) is 0 Å². The van der Waals surface area contributed by atoms with Gasteiger partial charge in [0.25, 0.3) is 0 Å². The number of rotatable bonds is 3. The fraction of sp³-hybridized carbons (Fsp3) is 0.667. The lowest BCUT2D eigenvalue weighted by atomic mass is 9.83. The third-order valence-electron chi connectivity index (χ3n) is 5.04. The molecule has 3 heteroatoms. The SMILES string of the molecule is Cc1ccccc1C(C)NC1CCOC2(CCOCC2)C1. The molecule has 0 bridgehead atoms. The monoisotopic (exact) mass is 289 g/mol. The highest BCUT2D eigenvalue weighted by Crippen LogP contribution is 2.35. The van der Waals surface area contributed by atoms with E-state index in [9.17, 15) is 0 Å². The molecule has 0 saturated carbocycles. The standard InChI is InChI=1S/C18H27NO2/c1-14-5-3-4-6-17(14)15(2)19-16-7-10-21-18(13-16)8-11-20-12-9-18/h3-6,15-16,19H,7-13H2,1-2H3. The molecule has 2 unspecified atom stereocenters. The Labute approximate surface area is 128 Å². The van der Waals surface area contributed by atoms with Crippen LogP contribution in [0.5, 0.6) is 0 Å². The Morgan fingerprint density at radius 1 is 1.19 bits per heavy atom. The van der Waals surface area contributed by atoms with Gasteiger partial charge in [-0.3, -0.25) is 0 Å². The van der Waals surface area contributed by atoms with Crippen LogP contribution in [-0.2, 0) is 9.47 Å². The lowest BCUT2D eigenvalue weighted by Gasteiger charge is -2.44. The number of benzene rings is 1. The number of aryl methyl sites for hydroxylation is 1. The van der Waals surface area contributed by atoms with Crippen molar-refractivity contribution in [1.82, 2.24) is 5.32 Å². The van der Waals surface area contributed by atoms with Crippen molar-refractivity contribution in [1.29, 1.82) is 0 Å². The minimum absolute atomic E-state index is 0.0691. The molecule has 0 amide bonds. The predicted octanol–water partition coefficient (Wildman–Crippen LogP) is 3.37. The number of ether oxygens (including phenoxy) is 2. The number of nitrogens with one attached hydrogen (secondary N) is 1. The first kappa shape index (κ1) is 15.0. The summed E-state index contributed by atoms with van der Waals surface area (Å²) in [5.74, 6) is 0. The summed E-state index contributed by atoms with van der Waals surface area (Å²) in [4.78, 5) is 0. The van der Waals surface area contributed by atoms with Crippen molar-refractivity contribution in [2.24, 2.45) is 0 Å². The maximum atomic E-state index is 6.13. The van der Waals surface area contributed by atoms with E-state index in [2.05, 4.69) is 43.4 Å². The summed E-state index contributed by atoms with van der Waals surface area (Å²) in [6.45, 7) is 7.03. The van der Waals surface area contributed by atoms with Crippen LogP contribution in [0.25, 0.3) is 0 Å². The summed E-state index contributed by atoms with van der Waals surface area (Å²) in [6, 6.07) is 9.60. The van der Waals surface area contributed by atoms with Crippen molar-refractivity contribution < 1.29 is 9.47 Å². The maximum absolute atomic E-state index is 6.13. The molecule has 1 spiro atoms. The molecular formula is C18H27NO2. The summed E-state index contributed by atoms with van der Waals surface area (Å²) in [5.41, 5.74) is 2.84. The Balaban J connectivity index is 1.63. The van der Waals surface area contributed by atoms with Crippen molar-refractivity contribution in [2.45, 2.75) is 57.2 Å². The molecule has 1 aromatic rings. The first-order valence-corrected chi connectivity index (χ1v) is 8.22. The normalized spacial score (nSPS) is 26.7. The molecule has 2 aliphatic heterocycles. The Bertz CT molecular complexity index is 463. The van der Waals surface area contributed by atoms with Gasteiger partial charge < -0.3 is 14.8 Å². The molecule has 116 valence electrons. The van der Waals surface area contributed by atoms with E-state index in [-0.39, 0.29) is 5.60 Å². The van der Waals surface area contributed by atoms with Crippen LogP contribution in [0.1, 0.15) is 49.8 Å². The van der Waals surface area contributed by atoms with Crippen LogP contribution in [0.2, 0.25) is 0 Å². The van der Waals surface area contributed by atoms with E-state index in [0.717, 1.165) is 45.5 Å². The predicted molar refractivity (Wildman–Crippen MR) is 84.5 cm³/mol. The van der Waals surface area contributed by atoms with E-state index in [1.54, 1.807) is 0 Å². The molecule has 2 atom stereocenters. The summed E-state index contributed by atoms with van der Waals surface area (Å²) in [7, 11) is 0. The van der Waals surface area contributed by atoms with Crippen molar-refractivity contribution in [3.05, 3.63) is 35.4 Å². The molecule has 1 N–H and O–H groups in total. The van der Waals surface area contributed by atoms with Crippen molar-refractivity contribution in [3.63, 3.8) is 0 Å². The van der Waals surface area contributed by atoms with Crippen LogP contribution in [-0.4, -0.2) is 31.5 Å². The van der Waals surface area contributed by atoms with E-state index in [1.807, 2.05) is 0 Å². The molecule has 0 radical (unpaired) electrons. The Morgan fingerprint density at radius 2 is 1.95 bits per heavy atom. The van der Waals surface area contributed by atoms with Crippen molar-refractivity contribution in [3.8, 4) is 0 Å². The van der Waals surface area contributed by atoms with Gasteiger partial charge in [0, 0.05) is 31.9 Å². The lowest BCUT2D eigenvalue weighted by Crippen LogP contribution is -2.50. The van der Waals surface area contributed by atoms with Gasteiger partial charge >= 0.3 is 0 Å². The summed E-state index contributed by atoms with van der Waals surface area (Å²) in [5, 5.41) is 3.83. The van der Waals surface area contributed by atoms with E-state index < -0.39 is 0 Å². The van der Waals surface area contributed by atoms with Gasteiger partial charge in [-0.05, 0) is 50.7 Å². The van der Waals surface area contributed by atoms with Gasteiger partial charge in [0.2, 0.25) is 0 Å². The van der Waals surface area contributed by atoms with Gasteiger partial charge in [0.1, 0.15) is 0 Å². The molecule has 0 aromatic heterocycles. The van der Waals surface area contributed by atoms with Crippen LogP contribution in [0, 0.1) is 6.92 Å². The zero-order valence-corrected chi connectivity index (χ0v) is 13.2. The zero-order chi connectivity index (χ0) is 14.7. The van der Waals surface area contributed by atoms with Gasteiger partial charge in [0.05, 0.1) is 5.60 Å². The maximum Gasteiger partial charge on any atom is 0.0741 e. The van der Waals surface area contributed by atoms with E-state index in [4.69, 9.17) is 9.47 Å². The second-order valence-corrected chi connectivity index (χ2v) is 6.58. The Kier molecular flexibility index (Phi) is 4.63. The number of hydrogen-bond acceptors (Lipinski definition) is 3. The second-order valence-electron chi connectivity index (χ2n) is 6.58. The van der Waals surface area contributed by atoms with Crippen LogP contribution in [0.4, 0.5) is 0 Å². The fourth-order valence-electron chi connectivity index (χ4n) is 3.78. The smallest absolute Gasteiger partial charge is 0.0741 e. The summed E-state index contributed by atoms with van der Waals surface area (Å²) >= 11 is 0. The average molecular weight is 289 g/mol. The van der Waals surface area contributed by atoms with Crippen LogP contribution in [0.3, 0.4) is 0 Å². The van der Waals surface area contributed by atoms with Crippen molar-refractivity contribution in [2.75, 3.05) is 19.8 Å². The first-order chi connectivity index (χ1) is 10.2. The molecule has 3 rings (SSSR count). The number of hydrogen-bond donors (Lipinski definition) is 1. The molecular weight excluding hydrogens is 262 g/mol. The third-order valence-corrected chi connectivity index (χ3v) is 5.04. The largest absolute Gasteiger partial charge is 0.381 e. The van der Waals surface area contributed by atoms with Crippen LogP contribution in [0.15, 0.2) is 24.3 Å². The summed E-state index contributed by atoms with van der Waals surface area (Å²) in [6.07, 6.45) is 4.32. The molecule has 2 fully saturated rings. The minimum Gasteiger partial charge on any atom is -0.381 e. The Hall–Kier alpha value is -0.900. The van der Waals surface area contributed by atoms with Crippen LogP contribution < -0.4 is 5.32 Å². The van der Waals surface area contributed by atoms with Gasteiger partial charge in [-0.1, -0.05) is 24.3 Å². The van der Waals surface area contributed by atoms with Gasteiger partial charge in [0.15, 0.2) is 0 Å². The Morgan fingerprint density at radius 3 is 2.71 bits per heavy atom. The fourth-order valence-corrected chi connectivity index (χ4v) is 3.78. The zero-order valence-electron chi connectivity index (χ0n) is 13.2. The molecule has 0 aliphatic carbocycles. The molecule has 2 saturated heterocycles. The highest BCUT2D eigenvalue weighted by Gasteiger charge is 2.39. The minimum atomic E-state index is 0.0691. The lowest BCUT2D eigenvalue weighted by molar-refractivity contribution is -0.140. The van der Waals surface area contributed by atoms with Crippen molar-refractivity contribution >= 4 is 0 Å². The average Bonchev–Trinajstić information content (AvgIpc) is 2.48. The highest BCUT2D eigenvalue weighted by atomic mass is 16.5. The van der Waals surface area contributed by atoms with E-state index >= 15 is 0 Å². The second kappa shape index (κ2) is 6.47. The van der Waals surface area contributed by atoms with E-state index in [1.165, 1.54) is 11.1 Å². The third kappa shape index (κ3) is 3.47. The molecule has 21 heavy (non-hydrogen) atoms. The van der Waals surface area contributed by atoms with Gasteiger partial charge in [-0.15, -0.1) is 0 Å². The van der Waals surface area contributed by atoms with Crippen LogP contribution >= 0.6 is 0 Å². The molecule has 2 heterocycles. The highest BCUT2D eigenvalue weighted by molar-refractivity contribution is 5.28. The summed E-state index contributed by atoms with van der Waals surface area (Å²) < 4.78 is 11.6. The quantitative estimate of drug-likeness (QED) is 0.925. The first-order valence-electron chi connectivity index (χ1n) is 8.22. The molecule has 1 aromatic carbocycles. The topological polar surface area (TPSA) is 30.5 Å².